The lowest BCUT2D eigenvalue weighted by Gasteiger charge is -2.03. The third kappa shape index (κ3) is 10.2. The van der Waals surface area contributed by atoms with E-state index in [0.29, 0.717) is 30.1 Å². The van der Waals surface area contributed by atoms with Crippen molar-refractivity contribution in [3.8, 4) is 0 Å². The van der Waals surface area contributed by atoms with Gasteiger partial charge >= 0.3 is 5.97 Å². The first-order valence-electron chi connectivity index (χ1n) is 4.29. The van der Waals surface area contributed by atoms with Crippen LogP contribution in [0, 0.1) is 0 Å². The van der Waals surface area contributed by atoms with E-state index >= 15 is 0 Å². The maximum absolute atomic E-state index is 10.9. The van der Waals surface area contributed by atoms with Gasteiger partial charge in [-0.25, -0.2) is 4.79 Å². The molecule has 0 aromatic carbocycles. The van der Waals surface area contributed by atoms with E-state index in [-0.39, 0.29) is 11.2 Å². The van der Waals surface area contributed by atoms with Crippen LogP contribution in [0.4, 0.5) is 0 Å². The SMILES string of the molecule is C=C(C)C(=O)OCCSSCCC(=O)Cl. The largest absolute Gasteiger partial charge is 0.461 e. The summed E-state index contributed by atoms with van der Waals surface area (Å²) < 4.78 is 4.87. The molecule has 0 saturated carbocycles. The molecule has 0 saturated heterocycles. The predicted molar refractivity (Wildman–Crippen MR) is 66.2 cm³/mol. The predicted octanol–water partition coefficient (Wildman–Crippen LogP) is 2.64. The standard InChI is InChI=1S/C9H13ClO3S2/c1-7(2)9(12)13-4-6-15-14-5-3-8(10)11/h1,3-6H2,2H3. The zero-order chi connectivity index (χ0) is 11.7. The van der Waals surface area contributed by atoms with Crippen LogP contribution in [0.2, 0.25) is 0 Å². The normalized spacial score (nSPS) is 9.73. The average molecular weight is 269 g/mol. The molecule has 15 heavy (non-hydrogen) atoms. The molecule has 0 aliphatic carbocycles. The van der Waals surface area contributed by atoms with Gasteiger partial charge in [-0.1, -0.05) is 28.2 Å². The summed E-state index contributed by atoms with van der Waals surface area (Å²) in [5.74, 6) is 1.01. The summed E-state index contributed by atoms with van der Waals surface area (Å²) in [5.41, 5.74) is 0.403. The van der Waals surface area contributed by atoms with E-state index in [1.807, 2.05) is 0 Å². The second-order valence-corrected chi connectivity index (χ2v) is 5.79. The molecule has 0 amide bonds. The van der Waals surface area contributed by atoms with Crippen molar-refractivity contribution in [3.05, 3.63) is 12.2 Å². The van der Waals surface area contributed by atoms with Gasteiger partial charge in [0.2, 0.25) is 5.24 Å². The van der Waals surface area contributed by atoms with E-state index in [0.717, 1.165) is 0 Å². The molecule has 86 valence electrons. The zero-order valence-corrected chi connectivity index (χ0v) is 10.8. The molecule has 0 N–H and O–H groups in total. The fourth-order valence-corrected chi connectivity index (χ4v) is 2.55. The van der Waals surface area contributed by atoms with Crippen molar-refractivity contribution in [1.82, 2.24) is 0 Å². The Morgan fingerprint density at radius 3 is 2.47 bits per heavy atom. The maximum atomic E-state index is 10.9. The zero-order valence-electron chi connectivity index (χ0n) is 8.45. The van der Waals surface area contributed by atoms with Crippen molar-refractivity contribution in [2.75, 3.05) is 18.1 Å². The number of hydrogen-bond acceptors (Lipinski definition) is 5. The molecular formula is C9H13ClO3S2. The van der Waals surface area contributed by atoms with Crippen molar-refractivity contribution in [3.63, 3.8) is 0 Å². The van der Waals surface area contributed by atoms with Crippen molar-refractivity contribution in [1.29, 1.82) is 0 Å². The first-order valence-corrected chi connectivity index (χ1v) is 7.16. The third-order valence-corrected chi connectivity index (χ3v) is 3.77. The Morgan fingerprint density at radius 1 is 1.33 bits per heavy atom. The molecule has 0 spiro atoms. The smallest absolute Gasteiger partial charge is 0.333 e. The number of ether oxygens (including phenoxy) is 1. The van der Waals surface area contributed by atoms with Crippen LogP contribution in [0.25, 0.3) is 0 Å². The van der Waals surface area contributed by atoms with Crippen LogP contribution in [-0.2, 0) is 14.3 Å². The Kier molecular flexibility index (Phi) is 9.04. The minimum absolute atomic E-state index is 0.322. The van der Waals surface area contributed by atoms with Crippen LogP contribution in [0.15, 0.2) is 12.2 Å². The van der Waals surface area contributed by atoms with Crippen molar-refractivity contribution in [2.45, 2.75) is 13.3 Å². The van der Waals surface area contributed by atoms with Gasteiger partial charge < -0.3 is 4.74 Å². The van der Waals surface area contributed by atoms with Gasteiger partial charge in [0, 0.05) is 23.5 Å². The Balaban J connectivity index is 3.22. The number of rotatable bonds is 8. The summed E-state index contributed by atoms with van der Waals surface area (Å²) in [4.78, 5) is 21.3. The van der Waals surface area contributed by atoms with Crippen molar-refractivity contribution >= 4 is 44.4 Å². The topological polar surface area (TPSA) is 43.4 Å². The third-order valence-electron chi connectivity index (χ3n) is 1.21. The van der Waals surface area contributed by atoms with Crippen LogP contribution >= 0.6 is 33.2 Å². The molecule has 0 aromatic heterocycles. The van der Waals surface area contributed by atoms with Crippen LogP contribution < -0.4 is 0 Å². The summed E-state index contributed by atoms with van der Waals surface area (Å²) in [6, 6.07) is 0. The van der Waals surface area contributed by atoms with E-state index in [2.05, 4.69) is 6.58 Å². The van der Waals surface area contributed by atoms with Crippen molar-refractivity contribution < 1.29 is 14.3 Å². The van der Waals surface area contributed by atoms with E-state index in [4.69, 9.17) is 16.3 Å². The fourth-order valence-electron chi connectivity index (χ4n) is 0.531. The Labute approximate surface area is 102 Å². The number of carbonyl (C=O) groups is 2. The first kappa shape index (κ1) is 14.9. The Bertz CT molecular complexity index is 244. The molecule has 0 fully saturated rings. The molecule has 0 atom stereocenters. The van der Waals surface area contributed by atoms with Crippen LogP contribution in [0.3, 0.4) is 0 Å². The minimum Gasteiger partial charge on any atom is -0.461 e. The molecule has 0 rings (SSSR count). The summed E-state index contributed by atoms with van der Waals surface area (Å²) in [6.45, 7) is 5.43. The number of halogens is 1. The van der Waals surface area contributed by atoms with Crippen LogP contribution in [-0.4, -0.2) is 29.3 Å². The van der Waals surface area contributed by atoms with Gasteiger partial charge in [0.1, 0.15) is 6.61 Å². The molecule has 0 aliphatic heterocycles. The van der Waals surface area contributed by atoms with Crippen LogP contribution in [0.5, 0.6) is 0 Å². The highest BCUT2D eigenvalue weighted by molar-refractivity contribution is 8.76. The van der Waals surface area contributed by atoms with Gasteiger partial charge in [0.15, 0.2) is 0 Å². The van der Waals surface area contributed by atoms with Gasteiger partial charge in [0.25, 0.3) is 0 Å². The highest BCUT2D eigenvalue weighted by atomic mass is 35.5. The monoisotopic (exact) mass is 268 g/mol. The van der Waals surface area contributed by atoms with Gasteiger partial charge in [-0.2, -0.15) is 0 Å². The Hall–Kier alpha value is -0.130. The number of carbonyl (C=O) groups excluding carboxylic acids is 2. The molecular weight excluding hydrogens is 256 g/mol. The van der Waals surface area contributed by atoms with Gasteiger partial charge in [-0.3, -0.25) is 4.79 Å². The quantitative estimate of drug-likeness (QED) is 0.223. The molecule has 0 bridgehead atoms. The molecule has 0 aliphatic rings. The second kappa shape index (κ2) is 9.12. The van der Waals surface area contributed by atoms with E-state index in [1.54, 1.807) is 17.7 Å². The highest BCUT2D eigenvalue weighted by Gasteiger charge is 2.02. The first-order chi connectivity index (χ1) is 7.04. The summed E-state index contributed by atoms with van der Waals surface area (Å²) in [6.07, 6.45) is 0.366. The summed E-state index contributed by atoms with van der Waals surface area (Å²) in [5, 5.41) is -0.322. The molecule has 0 aromatic rings. The van der Waals surface area contributed by atoms with Crippen LogP contribution in [0.1, 0.15) is 13.3 Å². The lowest BCUT2D eigenvalue weighted by molar-refractivity contribution is -0.138. The summed E-state index contributed by atoms with van der Waals surface area (Å²) in [7, 11) is 3.09. The van der Waals surface area contributed by atoms with Gasteiger partial charge in [-0.15, -0.1) is 0 Å². The average Bonchev–Trinajstić information content (AvgIpc) is 2.15. The minimum atomic E-state index is -0.364. The van der Waals surface area contributed by atoms with Gasteiger partial charge in [0.05, 0.1) is 0 Å². The molecule has 0 heterocycles. The lowest BCUT2D eigenvalue weighted by Crippen LogP contribution is -2.07. The number of hydrogen-bond donors (Lipinski definition) is 0. The Morgan fingerprint density at radius 2 is 1.93 bits per heavy atom. The molecule has 0 unspecified atom stereocenters. The highest BCUT2D eigenvalue weighted by Crippen LogP contribution is 2.21. The van der Waals surface area contributed by atoms with Crippen molar-refractivity contribution in [2.24, 2.45) is 0 Å². The lowest BCUT2D eigenvalue weighted by atomic mass is 10.4. The van der Waals surface area contributed by atoms with E-state index in [1.165, 1.54) is 10.8 Å². The summed E-state index contributed by atoms with van der Waals surface area (Å²) >= 11 is 5.15. The number of esters is 1. The van der Waals surface area contributed by atoms with Gasteiger partial charge in [-0.05, 0) is 18.5 Å². The van der Waals surface area contributed by atoms with E-state index in [9.17, 15) is 9.59 Å². The molecule has 6 heteroatoms. The maximum Gasteiger partial charge on any atom is 0.333 e. The molecule has 3 nitrogen and oxygen atoms in total. The van der Waals surface area contributed by atoms with E-state index < -0.39 is 0 Å². The fraction of sp³-hybridized carbons (Fsp3) is 0.556. The second-order valence-electron chi connectivity index (χ2n) is 2.67. The molecule has 0 radical (unpaired) electrons.